The monoisotopic (exact) mass is 340 g/mol. The maximum absolute atomic E-state index is 13.2. The fourth-order valence-corrected chi connectivity index (χ4v) is 2.77. The van der Waals surface area contributed by atoms with Crippen LogP contribution in [0.25, 0.3) is 0 Å². The third-order valence-electron chi connectivity index (χ3n) is 3.09. The van der Waals surface area contributed by atoms with Crippen molar-refractivity contribution in [3.63, 3.8) is 0 Å². The molecule has 0 saturated carbocycles. The minimum Gasteiger partial charge on any atom is -0.206 e. The van der Waals surface area contributed by atoms with E-state index >= 15 is 0 Å². The number of halogens is 3. The summed E-state index contributed by atoms with van der Waals surface area (Å²) in [6, 6.07) is 15.5. The number of hydrogen-bond acceptors (Lipinski definition) is 0. The van der Waals surface area contributed by atoms with E-state index in [0.29, 0.717) is 16.3 Å². The molecule has 0 nitrogen and oxygen atoms in total. The van der Waals surface area contributed by atoms with Gasteiger partial charge in [-0.15, -0.1) is 11.6 Å². The highest BCUT2D eigenvalue weighted by molar-refractivity contribution is 9.10. The molecule has 0 aliphatic heterocycles. The summed E-state index contributed by atoms with van der Waals surface area (Å²) in [5.74, 6) is 0.736. The molecule has 0 N–H and O–H groups in total. The third-order valence-corrected chi connectivity index (χ3v) is 4.14. The molecule has 1 unspecified atom stereocenters. The average molecular weight is 342 g/mol. The molecule has 1 atom stereocenters. The van der Waals surface area contributed by atoms with Crippen molar-refractivity contribution in [3.8, 4) is 0 Å². The van der Waals surface area contributed by atoms with Crippen LogP contribution >= 0.6 is 27.5 Å². The molecule has 0 amide bonds. The van der Waals surface area contributed by atoms with Crippen molar-refractivity contribution in [2.75, 3.05) is 5.88 Å². The van der Waals surface area contributed by atoms with Crippen molar-refractivity contribution in [1.29, 1.82) is 0 Å². The van der Waals surface area contributed by atoms with E-state index in [-0.39, 0.29) is 5.82 Å². The van der Waals surface area contributed by atoms with Crippen molar-refractivity contribution >= 4 is 27.5 Å². The van der Waals surface area contributed by atoms with Gasteiger partial charge in [0, 0.05) is 5.88 Å². The lowest BCUT2D eigenvalue weighted by molar-refractivity contribution is 0.580. The maximum Gasteiger partial charge on any atom is 0.137 e. The predicted octanol–water partition coefficient (Wildman–Crippen LogP) is 5.23. The molecule has 2 aromatic carbocycles. The highest BCUT2D eigenvalue weighted by Gasteiger charge is 2.11. The SMILES string of the molecule is Fc1ccc(CC(CCl)Cc2ccccc2)cc1Br. The summed E-state index contributed by atoms with van der Waals surface area (Å²) >= 11 is 9.27. The van der Waals surface area contributed by atoms with Crippen LogP contribution < -0.4 is 0 Å². The van der Waals surface area contributed by atoms with E-state index < -0.39 is 0 Å². The molecule has 19 heavy (non-hydrogen) atoms. The second-order valence-electron chi connectivity index (χ2n) is 4.66. The van der Waals surface area contributed by atoms with Crippen LogP contribution in [-0.4, -0.2) is 5.88 Å². The van der Waals surface area contributed by atoms with Gasteiger partial charge in [-0.05, 0) is 57.9 Å². The standard InChI is InChI=1S/C16H15BrClF/c17-15-10-13(6-7-16(15)19)9-14(11-18)8-12-4-2-1-3-5-12/h1-7,10,14H,8-9,11H2. The topological polar surface area (TPSA) is 0 Å². The molecule has 0 aliphatic carbocycles. The van der Waals surface area contributed by atoms with E-state index in [1.54, 1.807) is 0 Å². The minimum atomic E-state index is -0.228. The third kappa shape index (κ3) is 4.32. The lowest BCUT2D eigenvalue weighted by Gasteiger charge is -2.14. The van der Waals surface area contributed by atoms with E-state index in [9.17, 15) is 4.39 Å². The normalized spacial score (nSPS) is 12.4. The molecular formula is C16H15BrClF. The molecule has 0 saturated heterocycles. The van der Waals surface area contributed by atoms with Gasteiger partial charge < -0.3 is 0 Å². The van der Waals surface area contributed by atoms with Crippen molar-refractivity contribution in [1.82, 2.24) is 0 Å². The van der Waals surface area contributed by atoms with Crippen LogP contribution in [0.5, 0.6) is 0 Å². The fourth-order valence-electron chi connectivity index (χ4n) is 2.13. The molecular weight excluding hydrogens is 327 g/mol. The van der Waals surface area contributed by atoms with Crippen LogP contribution in [0.15, 0.2) is 53.0 Å². The van der Waals surface area contributed by atoms with Crippen molar-refractivity contribution in [3.05, 3.63) is 69.9 Å². The zero-order chi connectivity index (χ0) is 13.7. The summed E-state index contributed by atoms with van der Waals surface area (Å²) < 4.78 is 13.7. The quantitative estimate of drug-likeness (QED) is 0.653. The fraction of sp³-hybridized carbons (Fsp3) is 0.250. The van der Waals surface area contributed by atoms with Gasteiger partial charge in [0.05, 0.1) is 4.47 Å². The molecule has 0 bridgehead atoms. The Morgan fingerprint density at radius 3 is 2.32 bits per heavy atom. The number of alkyl halides is 1. The zero-order valence-corrected chi connectivity index (χ0v) is 12.8. The smallest absolute Gasteiger partial charge is 0.137 e. The van der Waals surface area contributed by atoms with Crippen LogP contribution in [-0.2, 0) is 12.8 Å². The molecule has 0 fully saturated rings. The van der Waals surface area contributed by atoms with E-state index in [0.717, 1.165) is 18.4 Å². The molecule has 0 radical (unpaired) electrons. The van der Waals surface area contributed by atoms with E-state index in [1.807, 2.05) is 30.3 Å². The number of rotatable bonds is 5. The predicted molar refractivity (Wildman–Crippen MR) is 82.2 cm³/mol. The highest BCUT2D eigenvalue weighted by atomic mass is 79.9. The molecule has 0 heterocycles. The Kier molecular flexibility index (Phi) is 5.41. The Bertz CT molecular complexity index is 528. The van der Waals surface area contributed by atoms with Gasteiger partial charge in [-0.1, -0.05) is 36.4 Å². The Balaban J connectivity index is 2.04. The summed E-state index contributed by atoms with van der Waals surface area (Å²) in [5.41, 5.74) is 2.39. The van der Waals surface area contributed by atoms with Gasteiger partial charge in [0.15, 0.2) is 0 Å². The van der Waals surface area contributed by atoms with Gasteiger partial charge in [-0.3, -0.25) is 0 Å². The summed E-state index contributed by atoms with van der Waals surface area (Å²) in [6.07, 6.45) is 1.80. The van der Waals surface area contributed by atoms with Gasteiger partial charge in [0.1, 0.15) is 5.82 Å². The summed E-state index contributed by atoms with van der Waals surface area (Å²) in [7, 11) is 0. The molecule has 3 heteroatoms. The second-order valence-corrected chi connectivity index (χ2v) is 5.83. The van der Waals surface area contributed by atoms with E-state index in [4.69, 9.17) is 11.6 Å². The molecule has 0 spiro atoms. The van der Waals surface area contributed by atoms with Gasteiger partial charge in [-0.2, -0.15) is 0 Å². The summed E-state index contributed by atoms with van der Waals surface area (Å²) in [6.45, 7) is 0. The Morgan fingerprint density at radius 1 is 1.00 bits per heavy atom. The maximum atomic E-state index is 13.2. The molecule has 0 aliphatic rings. The summed E-state index contributed by atoms with van der Waals surface area (Å²) in [4.78, 5) is 0. The summed E-state index contributed by atoms with van der Waals surface area (Å²) in [5, 5.41) is 0. The Morgan fingerprint density at radius 2 is 1.68 bits per heavy atom. The van der Waals surface area contributed by atoms with Crippen LogP contribution in [0.2, 0.25) is 0 Å². The van der Waals surface area contributed by atoms with Crippen LogP contribution in [0.3, 0.4) is 0 Å². The lowest BCUT2D eigenvalue weighted by atomic mass is 9.94. The first-order valence-electron chi connectivity index (χ1n) is 6.23. The zero-order valence-electron chi connectivity index (χ0n) is 10.5. The van der Waals surface area contributed by atoms with Gasteiger partial charge in [-0.25, -0.2) is 4.39 Å². The highest BCUT2D eigenvalue weighted by Crippen LogP contribution is 2.21. The van der Waals surface area contributed by atoms with Gasteiger partial charge in [0.2, 0.25) is 0 Å². The van der Waals surface area contributed by atoms with Crippen LogP contribution in [0, 0.1) is 11.7 Å². The van der Waals surface area contributed by atoms with Crippen LogP contribution in [0.4, 0.5) is 4.39 Å². The first-order chi connectivity index (χ1) is 9.19. The molecule has 2 rings (SSSR count). The van der Waals surface area contributed by atoms with E-state index in [2.05, 4.69) is 28.1 Å². The van der Waals surface area contributed by atoms with Gasteiger partial charge >= 0.3 is 0 Å². The molecule has 100 valence electrons. The number of hydrogen-bond donors (Lipinski definition) is 0. The average Bonchev–Trinajstić information content (AvgIpc) is 2.43. The first-order valence-corrected chi connectivity index (χ1v) is 7.55. The Hall–Kier alpha value is -0.860. The molecule has 0 aromatic heterocycles. The second kappa shape index (κ2) is 7.06. The van der Waals surface area contributed by atoms with Crippen LogP contribution in [0.1, 0.15) is 11.1 Å². The van der Waals surface area contributed by atoms with Crippen molar-refractivity contribution in [2.45, 2.75) is 12.8 Å². The van der Waals surface area contributed by atoms with Gasteiger partial charge in [0.25, 0.3) is 0 Å². The largest absolute Gasteiger partial charge is 0.206 e. The van der Waals surface area contributed by atoms with Crippen molar-refractivity contribution in [2.24, 2.45) is 5.92 Å². The minimum absolute atomic E-state index is 0.228. The van der Waals surface area contributed by atoms with E-state index in [1.165, 1.54) is 11.6 Å². The first kappa shape index (κ1) is 14.5. The van der Waals surface area contributed by atoms with Crippen molar-refractivity contribution < 1.29 is 4.39 Å². The molecule has 2 aromatic rings. The Labute approximate surface area is 126 Å². The number of benzene rings is 2. The lowest BCUT2D eigenvalue weighted by Crippen LogP contribution is -2.10.